The van der Waals surface area contributed by atoms with Gasteiger partial charge in [-0.05, 0) is 60.9 Å². The molecule has 0 bridgehead atoms. The Morgan fingerprint density at radius 1 is 0.765 bits per heavy atom. The molecule has 0 amide bonds. The molecule has 4 N–H and O–H groups in total. The first-order valence-electron chi connectivity index (χ1n) is 10.1. The summed E-state index contributed by atoms with van der Waals surface area (Å²) < 4.78 is 5.48. The van der Waals surface area contributed by atoms with Gasteiger partial charge in [0.25, 0.3) is 0 Å². The summed E-state index contributed by atoms with van der Waals surface area (Å²) in [4.78, 5) is 9.47. The van der Waals surface area contributed by atoms with Crippen LogP contribution in [-0.4, -0.2) is 32.8 Å². The van der Waals surface area contributed by atoms with Gasteiger partial charge in [0.1, 0.15) is 17.2 Å². The predicted molar refractivity (Wildman–Crippen MR) is 126 cm³/mol. The van der Waals surface area contributed by atoms with Crippen LogP contribution in [0, 0.1) is 51.0 Å². The molecule has 4 rings (SSSR count). The average molecular weight is 712 g/mol. The van der Waals surface area contributed by atoms with Crippen LogP contribution in [0.25, 0.3) is 33.9 Å². The van der Waals surface area contributed by atoms with Crippen molar-refractivity contribution in [3.8, 4) is 51.2 Å². The Morgan fingerprint density at radius 2 is 1.35 bits per heavy atom. The molecule has 2 aromatic heterocycles. The van der Waals surface area contributed by atoms with E-state index in [0.29, 0.717) is 39.7 Å². The number of aryl methyl sites for hydroxylation is 2. The van der Waals surface area contributed by atoms with Crippen molar-refractivity contribution in [2.45, 2.75) is 20.3 Å². The second-order valence-electron chi connectivity index (χ2n) is 7.41. The van der Waals surface area contributed by atoms with Gasteiger partial charge >= 0.3 is 0 Å². The number of aromatic hydroxyl groups is 2. The molecule has 0 aliphatic rings. The molecule has 2 heterocycles. The van der Waals surface area contributed by atoms with E-state index in [1.165, 1.54) is 0 Å². The molecule has 4 aromatic rings. The van der Waals surface area contributed by atoms with Gasteiger partial charge < -0.3 is 20.4 Å². The zero-order chi connectivity index (χ0) is 22.0. The second kappa shape index (κ2) is 13.2. The number of hydrogen-bond acceptors (Lipinski definition) is 5. The Bertz CT molecular complexity index is 1270. The van der Waals surface area contributed by atoms with Crippen molar-refractivity contribution in [2.75, 3.05) is 7.11 Å². The largest absolute Gasteiger partial charge is 0.507 e. The first-order chi connectivity index (χ1) is 15.0. The van der Waals surface area contributed by atoms with Crippen molar-refractivity contribution < 1.29 is 81.6 Å². The molecular formula is C26H26AcMnN2O4. The van der Waals surface area contributed by atoms with Gasteiger partial charge in [0.15, 0.2) is 0 Å². The summed E-state index contributed by atoms with van der Waals surface area (Å²) >= 11 is 0. The number of nitrogens with zero attached hydrogens (tertiary/aromatic N) is 2. The molecular weight excluding hydrogens is 686 g/mol. The fraction of sp³-hybridized carbons (Fsp3) is 0.154. The third-order valence-corrected chi connectivity index (χ3v) is 5.22. The molecule has 0 aliphatic carbocycles. The summed E-state index contributed by atoms with van der Waals surface area (Å²) in [6, 6.07) is 20.3. The van der Waals surface area contributed by atoms with Crippen LogP contribution in [0.2, 0.25) is 0 Å². The van der Waals surface area contributed by atoms with Crippen molar-refractivity contribution >= 4 is 0 Å². The van der Waals surface area contributed by atoms with Crippen molar-refractivity contribution in [3.63, 3.8) is 0 Å². The van der Waals surface area contributed by atoms with Crippen molar-refractivity contribution in [2.24, 2.45) is 0 Å². The molecule has 0 atom stereocenters. The molecule has 2 radical (unpaired) electrons. The molecule has 34 heavy (non-hydrogen) atoms. The molecule has 0 saturated heterocycles. The first kappa shape index (κ1) is 30.1. The smallest absolute Gasteiger partial charge is 0.125 e. The molecule has 0 aliphatic heterocycles. The van der Waals surface area contributed by atoms with Gasteiger partial charge in [0.05, 0.1) is 29.9 Å². The number of methoxy groups -OCH3 is 1. The van der Waals surface area contributed by atoms with E-state index in [1.807, 2.05) is 62.4 Å². The number of phenolic OH excluding ortho intramolecular Hbond substituents is 2. The summed E-state index contributed by atoms with van der Waals surface area (Å²) in [5.41, 5.74) is 5.82. The van der Waals surface area contributed by atoms with E-state index in [0.717, 1.165) is 17.5 Å². The van der Waals surface area contributed by atoms with Gasteiger partial charge in [-0.25, -0.2) is 9.97 Å². The normalized spacial score (nSPS) is 9.85. The second-order valence-corrected chi connectivity index (χ2v) is 7.41. The van der Waals surface area contributed by atoms with E-state index in [9.17, 15) is 10.2 Å². The molecule has 2 aromatic carbocycles. The van der Waals surface area contributed by atoms with Crippen LogP contribution in [0.5, 0.6) is 17.2 Å². The zero-order valence-corrected chi connectivity index (χ0v) is 25.1. The molecule has 0 fully saturated rings. The average Bonchev–Trinajstić information content (AvgIpc) is 2.78. The van der Waals surface area contributed by atoms with E-state index < -0.39 is 0 Å². The maximum Gasteiger partial charge on any atom is 0.125 e. The number of ether oxygens (including phenoxy) is 1. The van der Waals surface area contributed by atoms with E-state index in [2.05, 4.69) is 0 Å². The Labute approximate surface area is 245 Å². The molecule has 0 unspecified atom stereocenters. The summed E-state index contributed by atoms with van der Waals surface area (Å²) in [7, 11) is 1.59. The minimum Gasteiger partial charge on any atom is -0.507 e. The summed E-state index contributed by atoms with van der Waals surface area (Å²) in [6.45, 7) is 3.97. The van der Waals surface area contributed by atoms with Gasteiger partial charge in [-0.3, -0.25) is 0 Å². The number of rotatable bonds is 5. The first-order valence-corrected chi connectivity index (χ1v) is 10.1. The van der Waals surface area contributed by atoms with Crippen molar-refractivity contribution in [1.82, 2.24) is 9.97 Å². The van der Waals surface area contributed by atoms with Gasteiger partial charge in [-0.15, -0.1) is 0 Å². The summed E-state index contributed by atoms with van der Waals surface area (Å²) in [6.07, 6.45) is 0.840. The standard InChI is InChI=1S/C26H24N2O3.Ac.Mn.H2O/c1-4-17-9-11-20(26(30)13-17)23-14-18(31-3)15-24(28-23)22-7-5-6-21(27-22)19-10-8-16(2)12-25(19)29;;;/h5-15,29-30H,4H2,1-3H3;;;1H2. The Kier molecular flexibility index (Phi) is 11.7. The summed E-state index contributed by atoms with van der Waals surface area (Å²) in [5.74, 6) is 0.978. The Morgan fingerprint density at radius 3 is 2.00 bits per heavy atom. The number of aromatic nitrogens is 2. The van der Waals surface area contributed by atoms with Gasteiger partial charge in [0.2, 0.25) is 0 Å². The maximum atomic E-state index is 10.5. The molecule has 8 heteroatoms. The number of phenols is 2. The maximum absolute atomic E-state index is 10.5. The monoisotopic (exact) mass is 712 g/mol. The van der Waals surface area contributed by atoms with Crippen LogP contribution < -0.4 is 4.74 Å². The van der Waals surface area contributed by atoms with Gasteiger partial charge in [-0.1, -0.05) is 25.1 Å². The van der Waals surface area contributed by atoms with Crippen LogP contribution in [0.3, 0.4) is 0 Å². The van der Waals surface area contributed by atoms with E-state index in [-0.39, 0.29) is 78.1 Å². The van der Waals surface area contributed by atoms with Crippen molar-refractivity contribution in [1.29, 1.82) is 0 Å². The molecule has 174 valence electrons. The third-order valence-electron chi connectivity index (χ3n) is 5.22. The van der Waals surface area contributed by atoms with Crippen LogP contribution in [0.1, 0.15) is 18.1 Å². The Hall–Kier alpha value is -1.94. The molecule has 6 nitrogen and oxygen atoms in total. The predicted octanol–water partition coefficient (Wildman–Crippen LogP) is 4.94. The Balaban J connectivity index is 0.00000193. The fourth-order valence-electron chi connectivity index (χ4n) is 3.49. The van der Waals surface area contributed by atoms with E-state index >= 15 is 0 Å². The third kappa shape index (κ3) is 6.59. The van der Waals surface area contributed by atoms with Gasteiger partial charge in [-0.2, -0.15) is 0 Å². The van der Waals surface area contributed by atoms with E-state index in [4.69, 9.17) is 14.7 Å². The minimum atomic E-state index is 0. The number of hydrogen-bond donors (Lipinski definition) is 2. The van der Waals surface area contributed by atoms with Gasteiger partial charge in [0, 0.05) is 84.4 Å². The van der Waals surface area contributed by atoms with Crippen LogP contribution in [0.15, 0.2) is 66.7 Å². The fourth-order valence-corrected chi connectivity index (χ4v) is 3.49. The van der Waals surface area contributed by atoms with E-state index in [1.54, 1.807) is 25.3 Å². The van der Waals surface area contributed by atoms with Crippen molar-refractivity contribution in [3.05, 3.63) is 77.9 Å². The quantitative estimate of drug-likeness (QED) is 0.286. The van der Waals surface area contributed by atoms with Crippen LogP contribution in [0.4, 0.5) is 0 Å². The van der Waals surface area contributed by atoms with Crippen LogP contribution >= 0.6 is 0 Å². The molecule has 0 saturated carbocycles. The minimum absolute atomic E-state index is 0. The zero-order valence-electron chi connectivity index (χ0n) is 19.2. The SMILES string of the molecule is CCc1ccc(-c2cc(OC)cc(-c3cccc(-c4ccc(C)cc4O)n3)n2)c(O)c1.O.[Ac].[Mn]. The summed E-state index contributed by atoms with van der Waals surface area (Å²) in [5, 5.41) is 20.9. The number of pyridine rings is 2. The topological polar surface area (TPSA) is 107 Å². The van der Waals surface area contributed by atoms with Crippen LogP contribution in [-0.2, 0) is 23.5 Å². The number of benzene rings is 2. The molecule has 0 spiro atoms.